The first-order valence-electron chi connectivity index (χ1n) is 13.5. The van der Waals surface area contributed by atoms with E-state index in [2.05, 4.69) is 103 Å². The summed E-state index contributed by atoms with van der Waals surface area (Å²) >= 11 is 0. The molecule has 3 heterocycles. The largest absolute Gasteiger partial charge is 0.458 e. The molecule has 2 aliphatic rings. The summed E-state index contributed by atoms with van der Waals surface area (Å²) in [7, 11) is 0. The fraction of sp³-hybridized carbons (Fsp3) is 0. The summed E-state index contributed by atoms with van der Waals surface area (Å²) in [4.78, 5) is 0. The molecule has 0 spiro atoms. The van der Waals surface area contributed by atoms with Crippen molar-refractivity contribution in [3.05, 3.63) is 127 Å². The maximum Gasteiger partial charge on any atom is 0.260 e. The van der Waals surface area contributed by atoms with E-state index in [-0.39, 0.29) is 6.71 Å². The average molecular weight is 512 g/mol. The van der Waals surface area contributed by atoms with Gasteiger partial charge in [0, 0.05) is 16.2 Å². The van der Waals surface area contributed by atoms with Crippen molar-refractivity contribution in [2.75, 3.05) is 0 Å². The van der Waals surface area contributed by atoms with Crippen molar-refractivity contribution < 1.29 is 13.9 Å². The van der Waals surface area contributed by atoms with Crippen molar-refractivity contribution in [3.8, 4) is 45.3 Å². The van der Waals surface area contributed by atoms with Crippen LogP contribution < -0.4 is 25.9 Å². The van der Waals surface area contributed by atoms with Crippen LogP contribution in [0.3, 0.4) is 0 Å². The fourth-order valence-electron chi connectivity index (χ4n) is 6.34. The quantitative estimate of drug-likeness (QED) is 0.223. The van der Waals surface area contributed by atoms with Gasteiger partial charge >= 0.3 is 0 Å². The molecule has 0 atom stereocenters. The Kier molecular flexibility index (Phi) is 4.41. The summed E-state index contributed by atoms with van der Waals surface area (Å²) in [6.07, 6.45) is 0. The second-order valence-corrected chi connectivity index (χ2v) is 10.5. The average Bonchev–Trinajstić information content (AvgIpc) is 3.39. The van der Waals surface area contributed by atoms with E-state index in [1.165, 1.54) is 10.9 Å². The van der Waals surface area contributed by atoms with Gasteiger partial charge in [-0.05, 0) is 81.7 Å². The Morgan fingerprint density at radius 3 is 1.75 bits per heavy atom. The topological polar surface area (TPSA) is 31.6 Å². The Hall–Kier alpha value is -5.22. The molecule has 7 aromatic rings. The molecule has 0 unspecified atom stereocenters. The van der Waals surface area contributed by atoms with Crippen LogP contribution in [0, 0.1) is 0 Å². The monoisotopic (exact) mass is 512 g/mol. The van der Waals surface area contributed by atoms with E-state index in [0.717, 1.165) is 72.7 Å². The van der Waals surface area contributed by atoms with Gasteiger partial charge in [0.15, 0.2) is 0 Å². The second kappa shape index (κ2) is 8.14. The molecule has 40 heavy (non-hydrogen) atoms. The van der Waals surface area contributed by atoms with Gasteiger partial charge in [-0.25, -0.2) is 0 Å². The van der Waals surface area contributed by atoms with Crippen LogP contribution >= 0.6 is 0 Å². The molecule has 0 bridgehead atoms. The second-order valence-electron chi connectivity index (χ2n) is 10.5. The van der Waals surface area contributed by atoms with E-state index in [9.17, 15) is 0 Å². The van der Waals surface area contributed by atoms with Crippen LogP contribution in [-0.4, -0.2) is 6.71 Å². The predicted octanol–water partition coefficient (Wildman–Crippen LogP) is 7.65. The summed E-state index contributed by atoms with van der Waals surface area (Å²) < 4.78 is 19.1. The maximum atomic E-state index is 6.51. The SMILES string of the molecule is c1cc(-c2cc3c4c(c2)Oc2ccccc2B4c2ccccc2O3)cc(-c2ccc3oc4ccccc4c3c2)c1. The minimum absolute atomic E-state index is 0.0804. The Balaban J connectivity index is 1.19. The van der Waals surface area contributed by atoms with E-state index in [1.807, 2.05) is 24.3 Å². The molecule has 0 N–H and O–H groups in total. The molecule has 0 aliphatic carbocycles. The first-order chi connectivity index (χ1) is 19.8. The summed E-state index contributed by atoms with van der Waals surface area (Å²) in [5, 5.41) is 2.26. The van der Waals surface area contributed by atoms with Gasteiger partial charge in [0.1, 0.15) is 34.2 Å². The van der Waals surface area contributed by atoms with Crippen LogP contribution in [0.4, 0.5) is 0 Å². The Morgan fingerprint density at radius 2 is 1.00 bits per heavy atom. The minimum atomic E-state index is 0.0804. The van der Waals surface area contributed by atoms with Crippen LogP contribution in [0.25, 0.3) is 44.2 Å². The Morgan fingerprint density at radius 1 is 0.400 bits per heavy atom. The smallest absolute Gasteiger partial charge is 0.260 e. The zero-order valence-electron chi connectivity index (χ0n) is 21.4. The van der Waals surface area contributed by atoms with Gasteiger partial charge in [0.05, 0.1) is 0 Å². The first-order valence-corrected chi connectivity index (χ1v) is 13.5. The third-order valence-corrected chi connectivity index (χ3v) is 8.20. The number of para-hydroxylation sites is 3. The molecular formula is C36H21BO3. The fourth-order valence-corrected chi connectivity index (χ4v) is 6.34. The van der Waals surface area contributed by atoms with Gasteiger partial charge in [0.25, 0.3) is 6.71 Å². The first kappa shape index (κ1) is 21.7. The number of furan rings is 1. The maximum absolute atomic E-state index is 6.51. The number of hydrogen-bond acceptors (Lipinski definition) is 3. The highest BCUT2D eigenvalue weighted by Crippen LogP contribution is 2.39. The molecule has 0 saturated carbocycles. The van der Waals surface area contributed by atoms with E-state index in [1.54, 1.807) is 0 Å². The van der Waals surface area contributed by atoms with Gasteiger partial charge in [-0.15, -0.1) is 0 Å². The third kappa shape index (κ3) is 3.14. The molecule has 0 amide bonds. The number of rotatable bonds is 2. The molecule has 6 aromatic carbocycles. The molecule has 186 valence electrons. The van der Waals surface area contributed by atoms with Crippen molar-refractivity contribution in [2.45, 2.75) is 0 Å². The lowest BCUT2D eigenvalue weighted by molar-refractivity contribution is 0.465. The number of fused-ring (bicyclic) bond motifs is 7. The van der Waals surface area contributed by atoms with E-state index >= 15 is 0 Å². The zero-order chi connectivity index (χ0) is 26.2. The van der Waals surface area contributed by atoms with Crippen molar-refractivity contribution >= 4 is 45.0 Å². The summed E-state index contributed by atoms with van der Waals surface area (Å²) in [6.45, 7) is 0.0804. The van der Waals surface area contributed by atoms with Crippen LogP contribution in [0.1, 0.15) is 0 Å². The molecule has 0 fully saturated rings. The third-order valence-electron chi connectivity index (χ3n) is 8.20. The normalized spacial score (nSPS) is 12.8. The lowest BCUT2D eigenvalue weighted by Gasteiger charge is -2.33. The van der Waals surface area contributed by atoms with Crippen LogP contribution in [0.5, 0.6) is 23.0 Å². The van der Waals surface area contributed by atoms with Gasteiger partial charge in [-0.3, -0.25) is 0 Å². The zero-order valence-corrected chi connectivity index (χ0v) is 21.4. The molecule has 0 saturated heterocycles. The predicted molar refractivity (Wildman–Crippen MR) is 162 cm³/mol. The summed E-state index contributed by atoms with van der Waals surface area (Å²) in [6, 6.07) is 44.2. The number of hydrogen-bond donors (Lipinski definition) is 0. The summed E-state index contributed by atoms with van der Waals surface area (Å²) in [5.74, 6) is 3.49. The molecular weight excluding hydrogens is 491 g/mol. The standard InChI is InChI=1S/C36H21BO3/c1-4-13-30-26(10-1)27-19-24(16-17-31(27)38-30)22-8-7-9-23(18-22)25-20-34-36-35(21-25)40-33-15-6-3-12-29(33)37(36)28-11-2-5-14-32(28)39-34/h1-21H. The molecule has 3 nitrogen and oxygen atoms in total. The molecule has 2 aliphatic heterocycles. The van der Waals surface area contributed by atoms with Gasteiger partial charge in [0.2, 0.25) is 0 Å². The minimum Gasteiger partial charge on any atom is -0.458 e. The van der Waals surface area contributed by atoms with Crippen molar-refractivity contribution in [1.29, 1.82) is 0 Å². The van der Waals surface area contributed by atoms with E-state index in [0.29, 0.717) is 0 Å². The lowest BCUT2D eigenvalue weighted by atomic mass is 9.35. The van der Waals surface area contributed by atoms with Gasteiger partial charge in [-0.1, -0.05) is 78.9 Å². The Labute approximate surface area is 231 Å². The van der Waals surface area contributed by atoms with Crippen LogP contribution in [0.15, 0.2) is 132 Å². The summed E-state index contributed by atoms with van der Waals surface area (Å²) in [5.41, 5.74) is 9.70. The molecule has 1 aromatic heterocycles. The van der Waals surface area contributed by atoms with Crippen molar-refractivity contribution in [3.63, 3.8) is 0 Å². The van der Waals surface area contributed by atoms with Crippen molar-refractivity contribution in [2.24, 2.45) is 0 Å². The highest BCUT2D eigenvalue weighted by Gasteiger charge is 2.40. The Bertz CT molecular complexity index is 2070. The van der Waals surface area contributed by atoms with Gasteiger partial charge < -0.3 is 13.9 Å². The van der Waals surface area contributed by atoms with Crippen LogP contribution in [-0.2, 0) is 0 Å². The highest BCUT2D eigenvalue weighted by molar-refractivity contribution is 6.98. The molecule has 4 heteroatoms. The highest BCUT2D eigenvalue weighted by atomic mass is 16.5. The van der Waals surface area contributed by atoms with Gasteiger partial charge in [-0.2, -0.15) is 0 Å². The molecule has 0 radical (unpaired) electrons. The van der Waals surface area contributed by atoms with Crippen LogP contribution in [0.2, 0.25) is 0 Å². The van der Waals surface area contributed by atoms with Crippen molar-refractivity contribution in [1.82, 2.24) is 0 Å². The number of ether oxygens (including phenoxy) is 2. The lowest BCUT2D eigenvalue weighted by Crippen LogP contribution is -2.57. The van der Waals surface area contributed by atoms with E-state index in [4.69, 9.17) is 13.9 Å². The molecule has 9 rings (SSSR count). The number of benzene rings is 6. The van der Waals surface area contributed by atoms with E-state index < -0.39 is 0 Å².